The molecule has 0 spiro atoms. The third kappa shape index (κ3) is 6.14. The number of aromatic nitrogens is 2. The average Bonchev–Trinajstić information content (AvgIpc) is 2.89. The maximum absolute atomic E-state index is 12.7. The van der Waals surface area contributed by atoms with Crippen LogP contribution in [0.15, 0.2) is 79.0 Å². The number of nitrogens with one attached hydrogen (secondary N) is 1. The first-order valence-electron chi connectivity index (χ1n) is 11.2. The third-order valence-electron chi connectivity index (χ3n) is 5.39. The number of nitrogens with zero attached hydrogens (tertiary/aromatic N) is 2. The van der Waals surface area contributed by atoms with E-state index in [1.54, 1.807) is 32.5 Å². The number of rotatable bonds is 9. The number of aryl methyl sites for hydroxylation is 1. The molecule has 0 saturated carbocycles. The van der Waals surface area contributed by atoms with Crippen LogP contribution in [0.1, 0.15) is 21.5 Å². The number of anilines is 1. The summed E-state index contributed by atoms with van der Waals surface area (Å²) >= 11 is 0. The highest BCUT2D eigenvalue weighted by Crippen LogP contribution is 2.28. The van der Waals surface area contributed by atoms with Crippen molar-refractivity contribution in [2.45, 2.75) is 13.3 Å². The quantitative estimate of drug-likeness (QED) is 0.356. The van der Waals surface area contributed by atoms with Crippen LogP contribution in [0.25, 0.3) is 11.3 Å². The smallest absolute Gasteiger partial charge is 0.256 e. The van der Waals surface area contributed by atoms with Crippen molar-refractivity contribution in [3.05, 3.63) is 95.7 Å². The van der Waals surface area contributed by atoms with Gasteiger partial charge in [0.05, 0.1) is 26.5 Å². The standard InChI is InChI=1S/C28H27N3O4/c1-19-12-14-29-26(16-19)31-28(32)22-7-4-6-21(18-22)23-8-5-9-27(30-23)35-15-13-20-10-11-24(33-2)25(17-20)34-3/h4-12,14,16-18H,13,15H2,1-3H3,(H,29,31,32). The molecule has 0 atom stereocenters. The summed E-state index contributed by atoms with van der Waals surface area (Å²) in [5.74, 6) is 2.18. The number of amides is 1. The SMILES string of the molecule is COc1ccc(CCOc2cccc(-c3cccc(C(=O)Nc4cc(C)ccn4)c3)n2)cc1OC. The Hall–Kier alpha value is -4.39. The van der Waals surface area contributed by atoms with Gasteiger partial charge in [-0.25, -0.2) is 9.97 Å². The summed E-state index contributed by atoms with van der Waals surface area (Å²) in [6, 6.07) is 22.4. The van der Waals surface area contributed by atoms with Crippen molar-refractivity contribution in [1.29, 1.82) is 0 Å². The molecule has 7 heteroatoms. The van der Waals surface area contributed by atoms with Crippen LogP contribution in [-0.2, 0) is 6.42 Å². The normalized spacial score (nSPS) is 10.5. The maximum atomic E-state index is 12.7. The van der Waals surface area contributed by atoms with E-state index >= 15 is 0 Å². The second kappa shape index (κ2) is 11.2. The number of carbonyl (C=O) groups is 1. The van der Waals surface area contributed by atoms with Gasteiger partial charge in [-0.15, -0.1) is 0 Å². The molecule has 7 nitrogen and oxygen atoms in total. The van der Waals surface area contributed by atoms with E-state index < -0.39 is 0 Å². The van der Waals surface area contributed by atoms with Crippen molar-refractivity contribution < 1.29 is 19.0 Å². The Kier molecular flexibility index (Phi) is 7.57. The Morgan fingerprint density at radius 3 is 2.54 bits per heavy atom. The van der Waals surface area contributed by atoms with Crippen LogP contribution in [0.2, 0.25) is 0 Å². The number of ether oxygens (including phenoxy) is 3. The van der Waals surface area contributed by atoms with E-state index in [9.17, 15) is 4.79 Å². The first kappa shape index (κ1) is 23.8. The van der Waals surface area contributed by atoms with E-state index in [4.69, 9.17) is 14.2 Å². The second-order valence-corrected chi connectivity index (χ2v) is 7.90. The zero-order valence-electron chi connectivity index (χ0n) is 19.9. The summed E-state index contributed by atoms with van der Waals surface area (Å²) in [6.45, 7) is 2.41. The van der Waals surface area contributed by atoms with Crippen molar-refractivity contribution in [2.24, 2.45) is 0 Å². The van der Waals surface area contributed by atoms with Gasteiger partial charge in [-0.3, -0.25) is 4.79 Å². The van der Waals surface area contributed by atoms with Crippen molar-refractivity contribution >= 4 is 11.7 Å². The summed E-state index contributed by atoms with van der Waals surface area (Å²) in [7, 11) is 3.23. The molecule has 35 heavy (non-hydrogen) atoms. The predicted molar refractivity (Wildman–Crippen MR) is 135 cm³/mol. The Morgan fingerprint density at radius 2 is 1.74 bits per heavy atom. The molecule has 4 aromatic rings. The molecule has 1 amide bonds. The van der Waals surface area contributed by atoms with E-state index in [0.29, 0.717) is 41.8 Å². The highest BCUT2D eigenvalue weighted by molar-refractivity contribution is 6.04. The maximum Gasteiger partial charge on any atom is 0.256 e. The largest absolute Gasteiger partial charge is 0.493 e. The van der Waals surface area contributed by atoms with Crippen LogP contribution < -0.4 is 19.5 Å². The molecule has 1 N–H and O–H groups in total. The van der Waals surface area contributed by atoms with Crippen LogP contribution in [0.5, 0.6) is 17.4 Å². The third-order valence-corrected chi connectivity index (χ3v) is 5.39. The highest BCUT2D eigenvalue weighted by Gasteiger charge is 2.10. The average molecular weight is 470 g/mol. The van der Waals surface area contributed by atoms with E-state index in [1.807, 2.05) is 67.6 Å². The molecule has 4 rings (SSSR count). The predicted octanol–water partition coefficient (Wildman–Crippen LogP) is 5.34. The molecular formula is C28H27N3O4. The lowest BCUT2D eigenvalue weighted by Crippen LogP contribution is -2.13. The lowest BCUT2D eigenvalue weighted by Gasteiger charge is -2.11. The summed E-state index contributed by atoms with van der Waals surface area (Å²) in [6.07, 6.45) is 2.36. The Labute approximate surface area is 204 Å². The Balaban J connectivity index is 1.42. The molecule has 0 aliphatic rings. The van der Waals surface area contributed by atoms with Gasteiger partial charge in [0.2, 0.25) is 5.88 Å². The lowest BCUT2D eigenvalue weighted by molar-refractivity contribution is 0.102. The summed E-state index contributed by atoms with van der Waals surface area (Å²) in [5.41, 5.74) is 4.15. The van der Waals surface area contributed by atoms with Gasteiger partial charge in [-0.2, -0.15) is 0 Å². The van der Waals surface area contributed by atoms with Crippen molar-refractivity contribution in [3.63, 3.8) is 0 Å². The van der Waals surface area contributed by atoms with Gasteiger partial charge in [0, 0.05) is 29.8 Å². The van der Waals surface area contributed by atoms with Crippen molar-refractivity contribution in [1.82, 2.24) is 9.97 Å². The molecule has 0 radical (unpaired) electrons. The van der Waals surface area contributed by atoms with Crippen LogP contribution in [0, 0.1) is 6.92 Å². The number of hydrogen-bond donors (Lipinski definition) is 1. The molecule has 2 heterocycles. The van der Waals surface area contributed by atoms with E-state index in [0.717, 1.165) is 22.4 Å². The number of benzene rings is 2. The summed E-state index contributed by atoms with van der Waals surface area (Å²) in [4.78, 5) is 21.5. The minimum absolute atomic E-state index is 0.229. The zero-order valence-corrected chi connectivity index (χ0v) is 19.9. The molecule has 0 saturated heterocycles. The van der Waals surface area contributed by atoms with E-state index in [2.05, 4.69) is 15.3 Å². The number of carbonyl (C=O) groups excluding carboxylic acids is 1. The monoisotopic (exact) mass is 469 g/mol. The molecule has 0 aliphatic heterocycles. The van der Waals surface area contributed by atoms with Gasteiger partial charge < -0.3 is 19.5 Å². The van der Waals surface area contributed by atoms with Crippen molar-refractivity contribution in [3.8, 4) is 28.6 Å². The van der Waals surface area contributed by atoms with Crippen LogP contribution in [-0.4, -0.2) is 36.7 Å². The minimum Gasteiger partial charge on any atom is -0.493 e. The molecule has 0 unspecified atom stereocenters. The van der Waals surface area contributed by atoms with Gasteiger partial charge >= 0.3 is 0 Å². The first-order chi connectivity index (χ1) is 17.1. The molecule has 0 aliphatic carbocycles. The molecule has 0 fully saturated rings. The molecule has 178 valence electrons. The van der Waals surface area contributed by atoms with Gasteiger partial charge in [0.25, 0.3) is 5.91 Å². The Bertz CT molecular complexity index is 1320. The van der Waals surface area contributed by atoms with E-state index in [1.165, 1.54) is 0 Å². The van der Waals surface area contributed by atoms with Gasteiger partial charge in [0.1, 0.15) is 5.82 Å². The number of pyridine rings is 2. The first-order valence-corrected chi connectivity index (χ1v) is 11.2. The van der Waals surface area contributed by atoms with Crippen LogP contribution >= 0.6 is 0 Å². The highest BCUT2D eigenvalue weighted by atomic mass is 16.5. The minimum atomic E-state index is -0.229. The molecule has 2 aromatic heterocycles. The summed E-state index contributed by atoms with van der Waals surface area (Å²) in [5, 5.41) is 2.84. The number of methoxy groups -OCH3 is 2. The van der Waals surface area contributed by atoms with Crippen LogP contribution in [0.4, 0.5) is 5.82 Å². The molecule has 0 bridgehead atoms. The van der Waals surface area contributed by atoms with Gasteiger partial charge in [-0.05, 0) is 60.5 Å². The molecular weight excluding hydrogens is 442 g/mol. The fraction of sp³-hybridized carbons (Fsp3) is 0.179. The fourth-order valence-electron chi connectivity index (χ4n) is 3.58. The Morgan fingerprint density at radius 1 is 0.914 bits per heavy atom. The lowest BCUT2D eigenvalue weighted by atomic mass is 10.1. The van der Waals surface area contributed by atoms with Gasteiger partial charge in [-0.1, -0.05) is 24.3 Å². The van der Waals surface area contributed by atoms with E-state index in [-0.39, 0.29) is 5.91 Å². The second-order valence-electron chi connectivity index (χ2n) is 7.90. The molecule has 2 aromatic carbocycles. The summed E-state index contributed by atoms with van der Waals surface area (Å²) < 4.78 is 16.5. The van der Waals surface area contributed by atoms with Crippen LogP contribution in [0.3, 0.4) is 0 Å². The topological polar surface area (TPSA) is 82.6 Å². The fourth-order valence-corrected chi connectivity index (χ4v) is 3.58. The van der Waals surface area contributed by atoms with Crippen molar-refractivity contribution in [2.75, 3.05) is 26.1 Å². The zero-order chi connectivity index (χ0) is 24.6. The number of hydrogen-bond acceptors (Lipinski definition) is 6. The van der Waals surface area contributed by atoms with Gasteiger partial charge in [0.15, 0.2) is 11.5 Å².